The minimum absolute atomic E-state index is 0.154. The van der Waals surface area contributed by atoms with Gasteiger partial charge in [-0.1, -0.05) is 20.8 Å². The summed E-state index contributed by atoms with van der Waals surface area (Å²) in [4.78, 5) is 4.86. The Bertz CT molecular complexity index is 802. The van der Waals surface area contributed by atoms with Crippen molar-refractivity contribution < 1.29 is 9.84 Å². The lowest BCUT2D eigenvalue weighted by atomic mass is 9.41. The summed E-state index contributed by atoms with van der Waals surface area (Å²) in [5, 5.41) is 11.5. The van der Waals surface area contributed by atoms with E-state index in [1.54, 1.807) is 0 Å². The zero-order chi connectivity index (χ0) is 22.9. The summed E-state index contributed by atoms with van der Waals surface area (Å²) < 4.78 is 6.17. The van der Waals surface area contributed by atoms with Crippen molar-refractivity contribution in [1.82, 2.24) is 9.80 Å². The normalized spacial score (nSPS) is 60.1. The van der Waals surface area contributed by atoms with E-state index in [0.717, 1.165) is 31.6 Å². The summed E-state index contributed by atoms with van der Waals surface area (Å²) in [5.41, 5.74) is 1.94. The molecule has 0 aromatic rings. The Morgan fingerprint density at radius 3 is 2.38 bits per heavy atom. The SMILES string of the molecule is CC(C1C(O)CC2(C)C3CCC4C5(C)COCN(C)C5CCC45CC35CCC12C)N(C)C. The van der Waals surface area contributed by atoms with Crippen molar-refractivity contribution in [2.45, 2.75) is 97.2 Å². The summed E-state index contributed by atoms with van der Waals surface area (Å²) in [6.45, 7) is 11.9. The lowest BCUT2D eigenvalue weighted by molar-refractivity contribution is -0.202. The van der Waals surface area contributed by atoms with E-state index in [1.165, 1.54) is 44.9 Å². The van der Waals surface area contributed by atoms with Crippen LogP contribution < -0.4 is 0 Å². The molecule has 5 aliphatic carbocycles. The second-order valence-corrected chi connectivity index (χ2v) is 14.3. The molecule has 4 heteroatoms. The van der Waals surface area contributed by atoms with Crippen LogP contribution in [0.15, 0.2) is 0 Å². The molecule has 0 radical (unpaired) electrons. The van der Waals surface area contributed by atoms with Crippen LogP contribution in [-0.2, 0) is 4.74 Å². The van der Waals surface area contributed by atoms with Gasteiger partial charge >= 0.3 is 0 Å². The van der Waals surface area contributed by atoms with Crippen molar-refractivity contribution in [2.75, 3.05) is 34.5 Å². The van der Waals surface area contributed by atoms with Crippen molar-refractivity contribution in [3.8, 4) is 0 Å². The topological polar surface area (TPSA) is 35.9 Å². The molecule has 0 bridgehead atoms. The molecule has 1 saturated heterocycles. The third kappa shape index (κ3) is 2.30. The standard InChI is InChI=1S/C28H48N2O2/c1-18(29(5)6)23-19(31)14-26(4)21-9-8-20-24(2)16-32-17-30(7)22(24)10-11-27(20)15-28(21,27)13-12-25(23,26)3/h18-23,31H,8-17H2,1-7H3. The lowest BCUT2D eigenvalue weighted by Gasteiger charge is -2.65. The van der Waals surface area contributed by atoms with Crippen LogP contribution in [0.5, 0.6) is 0 Å². The van der Waals surface area contributed by atoms with E-state index >= 15 is 0 Å². The van der Waals surface area contributed by atoms with Crippen molar-refractivity contribution in [2.24, 2.45) is 44.8 Å². The smallest absolute Gasteiger partial charge is 0.0990 e. The quantitative estimate of drug-likeness (QED) is 0.674. The summed E-state index contributed by atoms with van der Waals surface area (Å²) in [5.74, 6) is 2.01. The molecule has 11 unspecified atom stereocenters. The summed E-state index contributed by atoms with van der Waals surface area (Å²) >= 11 is 0. The van der Waals surface area contributed by atoms with Gasteiger partial charge < -0.3 is 14.7 Å². The predicted molar refractivity (Wildman–Crippen MR) is 128 cm³/mol. The highest BCUT2D eigenvalue weighted by Crippen LogP contribution is 2.89. The molecule has 1 N–H and O–H groups in total. The third-order valence-electron chi connectivity index (χ3n) is 13.5. The first kappa shape index (κ1) is 22.3. The Hall–Kier alpha value is -0.160. The molecule has 0 aromatic carbocycles. The van der Waals surface area contributed by atoms with Gasteiger partial charge in [-0.2, -0.15) is 0 Å². The zero-order valence-corrected chi connectivity index (χ0v) is 21.8. The first-order valence-electron chi connectivity index (χ1n) is 13.6. The molecule has 2 spiro atoms. The van der Waals surface area contributed by atoms with E-state index in [2.05, 4.69) is 58.6 Å². The van der Waals surface area contributed by atoms with E-state index in [0.29, 0.717) is 34.2 Å². The Labute approximate surface area is 196 Å². The van der Waals surface area contributed by atoms with E-state index in [-0.39, 0.29) is 16.9 Å². The van der Waals surface area contributed by atoms with Crippen molar-refractivity contribution in [3.05, 3.63) is 0 Å². The molecule has 1 heterocycles. The van der Waals surface area contributed by atoms with E-state index in [1.807, 2.05) is 0 Å². The fourth-order valence-electron chi connectivity index (χ4n) is 11.9. The second kappa shape index (κ2) is 6.53. The molecule has 0 amide bonds. The van der Waals surface area contributed by atoms with Gasteiger partial charge in [-0.05, 0) is 113 Å². The molecule has 32 heavy (non-hydrogen) atoms. The van der Waals surface area contributed by atoms with Gasteiger partial charge in [-0.3, -0.25) is 4.90 Å². The molecule has 6 rings (SSSR count). The van der Waals surface area contributed by atoms with Crippen LogP contribution in [0.2, 0.25) is 0 Å². The van der Waals surface area contributed by atoms with Gasteiger partial charge in [0.25, 0.3) is 0 Å². The van der Waals surface area contributed by atoms with Gasteiger partial charge in [0.15, 0.2) is 0 Å². The van der Waals surface area contributed by atoms with Crippen LogP contribution in [0.4, 0.5) is 0 Å². The average molecular weight is 445 g/mol. The number of nitrogens with zero attached hydrogens (tertiary/aromatic N) is 2. The molecule has 11 atom stereocenters. The Balaban J connectivity index is 1.36. The monoisotopic (exact) mass is 444 g/mol. The maximum Gasteiger partial charge on any atom is 0.0990 e. The van der Waals surface area contributed by atoms with E-state index in [4.69, 9.17) is 4.74 Å². The highest BCUT2D eigenvalue weighted by atomic mass is 16.5. The first-order chi connectivity index (χ1) is 15.0. The maximum absolute atomic E-state index is 11.5. The van der Waals surface area contributed by atoms with Crippen molar-refractivity contribution in [1.29, 1.82) is 0 Å². The minimum Gasteiger partial charge on any atom is -0.393 e. The molecule has 4 nitrogen and oxygen atoms in total. The predicted octanol–water partition coefficient (Wildman–Crippen LogP) is 4.61. The maximum atomic E-state index is 11.5. The van der Waals surface area contributed by atoms with Crippen LogP contribution in [-0.4, -0.2) is 67.6 Å². The number of hydrogen-bond donors (Lipinski definition) is 1. The van der Waals surface area contributed by atoms with Crippen LogP contribution in [0, 0.1) is 44.8 Å². The molecule has 6 fully saturated rings. The van der Waals surface area contributed by atoms with Crippen LogP contribution >= 0.6 is 0 Å². The first-order valence-corrected chi connectivity index (χ1v) is 13.6. The van der Waals surface area contributed by atoms with E-state index in [9.17, 15) is 5.11 Å². The number of aliphatic hydroxyl groups excluding tert-OH is 1. The van der Waals surface area contributed by atoms with Gasteiger partial charge in [-0.15, -0.1) is 0 Å². The number of ether oxygens (including phenoxy) is 1. The molecular formula is C28H48N2O2. The van der Waals surface area contributed by atoms with Gasteiger partial charge in [-0.25, -0.2) is 0 Å². The minimum atomic E-state index is -0.154. The highest BCUT2D eigenvalue weighted by Gasteiger charge is 2.83. The van der Waals surface area contributed by atoms with Gasteiger partial charge in [0.2, 0.25) is 0 Å². The van der Waals surface area contributed by atoms with Crippen LogP contribution in [0.1, 0.15) is 79.1 Å². The van der Waals surface area contributed by atoms with E-state index < -0.39 is 0 Å². The fraction of sp³-hybridized carbons (Fsp3) is 1.00. The lowest BCUT2D eigenvalue weighted by Crippen LogP contribution is -2.63. The van der Waals surface area contributed by atoms with Crippen molar-refractivity contribution in [3.63, 3.8) is 0 Å². The molecule has 182 valence electrons. The van der Waals surface area contributed by atoms with Gasteiger partial charge in [0.05, 0.1) is 19.4 Å². The van der Waals surface area contributed by atoms with Crippen LogP contribution in [0.3, 0.4) is 0 Å². The average Bonchev–Trinajstić information content (AvgIpc) is 3.32. The third-order valence-corrected chi connectivity index (χ3v) is 13.5. The fourth-order valence-corrected chi connectivity index (χ4v) is 11.9. The largest absolute Gasteiger partial charge is 0.393 e. The van der Waals surface area contributed by atoms with Gasteiger partial charge in [0.1, 0.15) is 0 Å². The number of hydrogen-bond acceptors (Lipinski definition) is 4. The Kier molecular flexibility index (Phi) is 4.55. The number of aliphatic hydroxyl groups is 1. The molecular weight excluding hydrogens is 396 g/mol. The second-order valence-electron chi connectivity index (χ2n) is 14.3. The molecule has 6 aliphatic rings. The Morgan fingerprint density at radius 1 is 0.969 bits per heavy atom. The molecule has 5 saturated carbocycles. The molecule has 1 aliphatic heterocycles. The summed E-state index contributed by atoms with van der Waals surface area (Å²) in [6.07, 6.45) is 10.6. The zero-order valence-electron chi connectivity index (χ0n) is 21.8. The molecule has 0 aromatic heterocycles. The number of rotatable bonds is 2. The summed E-state index contributed by atoms with van der Waals surface area (Å²) in [7, 11) is 6.68. The number of fused-ring (bicyclic) bond motifs is 4. The van der Waals surface area contributed by atoms with Crippen LogP contribution in [0.25, 0.3) is 0 Å². The van der Waals surface area contributed by atoms with Crippen molar-refractivity contribution >= 4 is 0 Å². The summed E-state index contributed by atoms with van der Waals surface area (Å²) in [6, 6.07) is 1.13. The van der Waals surface area contributed by atoms with Gasteiger partial charge in [0, 0.05) is 23.4 Å². The Morgan fingerprint density at radius 2 is 1.66 bits per heavy atom. The highest BCUT2D eigenvalue weighted by molar-refractivity contribution is 5.32.